The number of hydrogen-bond donors (Lipinski definition) is 0. The summed E-state index contributed by atoms with van der Waals surface area (Å²) in [5, 5.41) is 8.45. The summed E-state index contributed by atoms with van der Waals surface area (Å²) in [7, 11) is 0. The van der Waals surface area contributed by atoms with E-state index < -0.39 is 0 Å². The molecule has 0 saturated carbocycles. The Balaban J connectivity index is 1.70. The van der Waals surface area contributed by atoms with E-state index >= 15 is 0 Å². The van der Waals surface area contributed by atoms with Gasteiger partial charge in [-0.05, 0) is 37.3 Å². The number of carbonyl (C=O) groups is 1. The topological polar surface area (TPSA) is 59.2 Å². The maximum atomic E-state index is 12.8. The number of rotatable bonds is 3. The summed E-state index contributed by atoms with van der Waals surface area (Å²) in [6.07, 6.45) is 2.70. The van der Waals surface area contributed by atoms with Crippen LogP contribution in [0.1, 0.15) is 67.2 Å². The average Bonchev–Trinajstić information content (AvgIpc) is 3.01. The van der Waals surface area contributed by atoms with Crippen LogP contribution in [-0.4, -0.2) is 34.1 Å². The van der Waals surface area contributed by atoms with Crippen LogP contribution in [0.2, 0.25) is 0 Å². The second kappa shape index (κ2) is 6.98. The first-order valence-corrected chi connectivity index (χ1v) is 9.00. The predicted molar refractivity (Wildman–Crippen MR) is 96.5 cm³/mol. The summed E-state index contributed by atoms with van der Waals surface area (Å²) in [6.45, 7) is 9.89. The van der Waals surface area contributed by atoms with Gasteiger partial charge in [-0.2, -0.15) is 0 Å². The van der Waals surface area contributed by atoms with Crippen molar-refractivity contribution in [3.63, 3.8) is 0 Å². The molecule has 1 aliphatic heterocycles. The number of hydrogen-bond acceptors (Lipinski definition) is 4. The molecule has 5 heteroatoms. The molecule has 0 radical (unpaired) electrons. The zero-order chi connectivity index (χ0) is 18.0. The SMILES string of the molecule is Cc1cccc(C(=O)N2CCC[C@@H](c3nnc(CC(C)(C)C)o3)C2)c1. The van der Waals surface area contributed by atoms with Crippen molar-refractivity contribution in [3.05, 3.63) is 47.2 Å². The fourth-order valence-electron chi connectivity index (χ4n) is 3.28. The number of nitrogens with zero attached hydrogens (tertiary/aromatic N) is 3. The molecule has 0 aliphatic carbocycles. The van der Waals surface area contributed by atoms with Crippen LogP contribution in [0.4, 0.5) is 0 Å². The molecular weight excluding hydrogens is 314 g/mol. The number of benzene rings is 1. The zero-order valence-corrected chi connectivity index (χ0v) is 15.6. The van der Waals surface area contributed by atoms with Gasteiger partial charge in [-0.25, -0.2) is 0 Å². The van der Waals surface area contributed by atoms with Gasteiger partial charge in [0.1, 0.15) is 0 Å². The molecule has 0 bridgehead atoms. The normalized spacial score (nSPS) is 18.4. The van der Waals surface area contributed by atoms with E-state index in [1.807, 2.05) is 36.1 Å². The Kier molecular flexibility index (Phi) is 4.93. The van der Waals surface area contributed by atoms with Crippen molar-refractivity contribution in [2.24, 2.45) is 5.41 Å². The quantitative estimate of drug-likeness (QED) is 0.847. The molecular formula is C20H27N3O2. The second-order valence-corrected chi connectivity index (χ2v) is 8.23. The highest BCUT2D eigenvalue weighted by Gasteiger charge is 2.29. The molecule has 0 unspecified atom stereocenters. The molecule has 2 aromatic rings. The Labute approximate surface area is 149 Å². The van der Waals surface area contributed by atoms with Crippen LogP contribution in [0.5, 0.6) is 0 Å². The van der Waals surface area contributed by atoms with E-state index in [-0.39, 0.29) is 17.2 Å². The van der Waals surface area contributed by atoms with Crippen molar-refractivity contribution in [3.8, 4) is 0 Å². The Hall–Kier alpha value is -2.17. The molecule has 5 nitrogen and oxygen atoms in total. The first-order valence-electron chi connectivity index (χ1n) is 9.00. The van der Waals surface area contributed by atoms with Crippen LogP contribution in [0, 0.1) is 12.3 Å². The number of piperidine rings is 1. The van der Waals surface area contributed by atoms with Gasteiger partial charge >= 0.3 is 0 Å². The Bertz CT molecular complexity index is 745. The number of amides is 1. The maximum absolute atomic E-state index is 12.8. The molecule has 1 saturated heterocycles. The number of likely N-dealkylation sites (tertiary alicyclic amines) is 1. The van der Waals surface area contributed by atoms with Crippen LogP contribution in [-0.2, 0) is 6.42 Å². The van der Waals surface area contributed by atoms with Crippen molar-refractivity contribution in [2.75, 3.05) is 13.1 Å². The first kappa shape index (κ1) is 17.6. The lowest BCUT2D eigenvalue weighted by Crippen LogP contribution is -2.39. The van der Waals surface area contributed by atoms with E-state index in [4.69, 9.17) is 4.42 Å². The monoisotopic (exact) mass is 341 g/mol. The van der Waals surface area contributed by atoms with E-state index in [0.717, 1.165) is 36.9 Å². The minimum atomic E-state index is 0.0860. The molecule has 1 fully saturated rings. The third-order valence-electron chi connectivity index (χ3n) is 4.49. The lowest BCUT2D eigenvalue weighted by atomic mass is 9.92. The minimum Gasteiger partial charge on any atom is -0.425 e. The van der Waals surface area contributed by atoms with Crippen LogP contribution >= 0.6 is 0 Å². The van der Waals surface area contributed by atoms with Gasteiger partial charge in [-0.15, -0.1) is 10.2 Å². The molecule has 1 amide bonds. The summed E-state index contributed by atoms with van der Waals surface area (Å²) >= 11 is 0. The van der Waals surface area contributed by atoms with Crippen LogP contribution in [0.15, 0.2) is 28.7 Å². The third kappa shape index (κ3) is 4.47. The average molecular weight is 341 g/mol. The second-order valence-electron chi connectivity index (χ2n) is 8.23. The predicted octanol–water partition coefficient (Wildman–Crippen LogP) is 3.99. The molecule has 0 N–H and O–H groups in total. The highest BCUT2D eigenvalue weighted by atomic mass is 16.4. The van der Waals surface area contributed by atoms with Crippen molar-refractivity contribution in [2.45, 2.75) is 52.9 Å². The molecule has 3 rings (SSSR count). The van der Waals surface area contributed by atoms with Gasteiger partial charge in [-0.1, -0.05) is 38.5 Å². The standard InChI is InChI=1S/C20H27N3O2/c1-14-7-5-8-15(11-14)19(24)23-10-6-9-16(13-23)18-22-21-17(25-18)12-20(2,3)4/h5,7-8,11,16H,6,9-10,12-13H2,1-4H3/t16-/m1/s1. The molecule has 25 heavy (non-hydrogen) atoms. The number of aryl methyl sites for hydroxylation is 1. The maximum Gasteiger partial charge on any atom is 0.253 e. The van der Waals surface area contributed by atoms with Crippen LogP contribution in [0.25, 0.3) is 0 Å². The van der Waals surface area contributed by atoms with Gasteiger partial charge in [0.05, 0.1) is 5.92 Å². The van der Waals surface area contributed by atoms with Crippen molar-refractivity contribution >= 4 is 5.91 Å². The molecule has 1 atom stereocenters. The summed E-state index contributed by atoms with van der Waals surface area (Å²) < 4.78 is 5.89. The van der Waals surface area contributed by atoms with E-state index in [1.54, 1.807) is 0 Å². The van der Waals surface area contributed by atoms with Crippen molar-refractivity contribution in [1.29, 1.82) is 0 Å². The third-order valence-corrected chi connectivity index (χ3v) is 4.49. The Morgan fingerprint density at radius 2 is 2.12 bits per heavy atom. The summed E-state index contributed by atoms with van der Waals surface area (Å²) in [5.41, 5.74) is 1.96. The van der Waals surface area contributed by atoms with Gasteiger partial charge in [0.15, 0.2) is 0 Å². The van der Waals surface area contributed by atoms with Gasteiger partial charge in [-0.3, -0.25) is 4.79 Å². The largest absolute Gasteiger partial charge is 0.425 e. The van der Waals surface area contributed by atoms with Gasteiger partial charge in [0, 0.05) is 25.1 Å². The smallest absolute Gasteiger partial charge is 0.253 e. The van der Waals surface area contributed by atoms with Crippen molar-refractivity contribution in [1.82, 2.24) is 15.1 Å². The van der Waals surface area contributed by atoms with E-state index in [2.05, 4.69) is 31.0 Å². The molecule has 2 heterocycles. The first-order chi connectivity index (χ1) is 11.8. The van der Waals surface area contributed by atoms with Gasteiger partial charge in [0.25, 0.3) is 5.91 Å². The van der Waals surface area contributed by atoms with E-state index in [9.17, 15) is 4.79 Å². The van der Waals surface area contributed by atoms with Gasteiger partial charge in [0.2, 0.25) is 11.8 Å². The fraction of sp³-hybridized carbons (Fsp3) is 0.550. The highest BCUT2D eigenvalue weighted by Crippen LogP contribution is 2.28. The van der Waals surface area contributed by atoms with Gasteiger partial charge < -0.3 is 9.32 Å². The molecule has 1 aromatic heterocycles. The van der Waals surface area contributed by atoms with Crippen LogP contribution in [0.3, 0.4) is 0 Å². The Morgan fingerprint density at radius 3 is 2.84 bits per heavy atom. The van der Waals surface area contributed by atoms with Crippen LogP contribution < -0.4 is 0 Å². The lowest BCUT2D eigenvalue weighted by Gasteiger charge is -2.31. The highest BCUT2D eigenvalue weighted by molar-refractivity contribution is 5.94. The summed E-state index contributed by atoms with van der Waals surface area (Å²) in [6, 6.07) is 7.76. The van der Waals surface area contributed by atoms with E-state index in [0.29, 0.717) is 18.3 Å². The summed E-state index contributed by atoms with van der Waals surface area (Å²) in [4.78, 5) is 14.7. The Morgan fingerprint density at radius 1 is 1.32 bits per heavy atom. The fourth-order valence-corrected chi connectivity index (χ4v) is 3.28. The molecule has 134 valence electrons. The van der Waals surface area contributed by atoms with E-state index in [1.165, 1.54) is 0 Å². The number of aromatic nitrogens is 2. The number of carbonyl (C=O) groups excluding carboxylic acids is 1. The molecule has 1 aromatic carbocycles. The molecule has 0 spiro atoms. The lowest BCUT2D eigenvalue weighted by molar-refractivity contribution is 0.0697. The molecule has 1 aliphatic rings. The van der Waals surface area contributed by atoms with Crippen molar-refractivity contribution < 1.29 is 9.21 Å². The summed E-state index contributed by atoms with van der Waals surface area (Å²) in [5.74, 6) is 1.57. The minimum absolute atomic E-state index is 0.0860. The zero-order valence-electron chi connectivity index (χ0n) is 15.6.